The Kier molecular flexibility index (Phi) is 5.41. The van der Waals surface area contributed by atoms with Gasteiger partial charge >= 0.3 is 5.69 Å². The largest absolute Gasteiger partial charge is 0.329 e. The summed E-state index contributed by atoms with van der Waals surface area (Å²) >= 11 is 0. The summed E-state index contributed by atoms with van der Waals surface area (Å²) in [7, 11) is 0. The first-order chi connectivity index (χ1) is 13.8. The van der Waals surface area contributed by atoms with Crippen molar-refractivity contribution < 1.29 is 4.79 Å². The Bertz CT molecular complexity index is 1270. The zero-order chi connectivity index (χ0) is 21.3. The molecule has 0 saturated carbocycles. The van der Waals surface area contributed by atoms with Crippen molar-refractivity contribution >= 4 is 22.6 Å². The highest BCUT2D eigenvalue weighted by Crippen LogP contribution is 2.19. The van der Waals surface area contributed by atoms with Crippen molar-refractivity contribution in [1.82, 2.24) is 13.7 Å². The normalized spacial score (nSPS) is 10.9. The second-order valence-electron chi connectivity index (χ2n) is 6.87. The van der Waals surface area contributed by atoms with Gasteiger partial charge < -0.3 is 9.88 Å². The Labute approximate surface area is 167 Å². The fourth-order valence-corrected chi connectivity index (χ4v) is 3.61. The van der Waals surface area contributed by atoms with Gasteiger partial charge in [0, 0.05) is 24.5 Å². The smallest absolute Gasteiger partial charge is 0.324 e. The molecule has 150 valence electrons. The van der Waals surface area contributed by atoms with Gasteiger partial charge in [-0.15, -0.1) is 0 Å². The van der Waals surface area contributed by atoms with E-state index < -0.39 is 5.56 Å². The third-order valence-corrected chi connectivity index (χ3v) is 5.05. The molecule has 0 aliphatic rings. The summed E-state index contributed by atoms with van der Waals surface area (Å²) in [5, 5.41) is 12.0. The summed E-state index contributed by atoms with van der Waals surface area (Å²) in [5.41, 5.74) is 2.77. The number of imidazole rings is 1. The average Bonchev–Trinajstić information content (AvgIpc) is 2.95. The maximum absolute atomic E-state index is 12.6. The molecule has 1 aromatic carbocycles. The second kappa shape index (κ2) is 7.80. The number of nitrogens with one attached hydrogen (secondary N) is 1. The molecule has 0 bridgehead atoms. The van der Waals surface area contributed by atoms with Gasteiger partial charge in [-0.3, -0.25) is 18.7 Å². The molecule has 0 saturated heterocycles. The first-order valence-electron chi connectivity index (χ1n) is 9.46. The van der Waals surface area contributed by atoms with Crippen LogP contribution in [0.1, 0.15) is 30.7 Å². The molecule has 0 aliphatic heterocycles. The summed E-state index contributed by atoms with van der Waals surface area (Å²) in [6.45, 7) is 8.11. The van der Waals surface area contributed by atoms with Crippen LogP contribution in [0.15, 0.2) is 33.9 Å². The monoisotopic (exact) mass is 393 g/mol. The zero-order valence-corrected chi connectivity index (χ0v) is 16.9. The lowest BCUT2D eigenvalue weighted by Gasteiger charge is -2.12. The van der Waals surface area contributed by atoms with Crippen LogP contribution in [0.4, 0.5) is 5.69 Å². The molecule has 3 rings (SSSR count). The molecule has 0 radical (unpaired) electrons. The quantitative estimate of drug-likeness (QED) is 0.717. The van der Waals surface area contributed by atoms with Gasteiger partial charge in [0.15, 0.2) is 0 Å². The zero-order valence-electron chi connectivity index (χ0n) is 16.9. The van der Waals surface area contributed by atoms with Crippen LogP contribution in [-0.2, 0) is 24.4 Å². The van der Waals surface area contributed by atoms with Gasteiger partial charge in [0.2, 0.25) is 5.91 Å². The van der Waals surface area contributed by atoms with Crippen molar-refractivity contribution in [1.29, 1.82) is 5.26 Å². The van der Waals surface area contributed by atoms with Crippen LogP contribution in [0.3, 0.4) is 0 Å². The SMILES string of the molecule is CCn1c(=O)n(CC)c2cc(NC(=O)Cn3c(C)cc(C)c(C#N)c3=O)ccc21. The fraction of sp³-hybridized carbons (Fsp3) is 0.333. The predicted molar refractivity (Wildman–Crippen MR) is 111 cm³/mol. The van der Waals surface area contributed by atoms with E-state index >= 15 is 0 Å². The summed E-state index contributed by atoms with van der Waals surface area (Å²) < 4.78 is 4.63. The van der Waals surface area contributed by atoms with Crippen molar-refractivity contribution in [3.05, 3.63) is 61.9 Å². The van der Waals surface area contributed by atoms with E-state index in [-0.39, 0.29) is 23.7 Å². The number of nitrogens with zero attached hydrogens (tertiary/aromatic N) is 4. The van der Waals surface area contributed by atoms with Crippen LogP contribution in [0, 0.1) is 25.2 Å². The number of aromatic nitrogens is 3. The number of hydrogen-bond donors (Lipinski definition) is 1. The lowest BCUT2D eigenvalue weighted by atomic mass is 10.1. The van der Waals surface area contributed by atoms with Crippen molar-refractivity contribution in [2.24, 2.45) is 0 Å². The molecule has 0 atom stereocenters. The van der Waals surface area contributed by atoms with E-state index in [9.17, 15) is 19.6 Å². The van der Waals surface area contributed by atoms with E-state index in [4.69, 9.17) is 0 Å². The molecule has 0 fully saturated rings. The Hall–Kier alpha value is -3.60. The fourth-order valence-electron chi connectivity index (χ4n) is 3.61. The number of nitriles is 1. The Morgan fingerprint density at radius 3 is 2.31 bits per heavy atom. The number of pyridine rings is 1. The van der Waals surface area contributed by atoms with Crippen LogP contribution >= 0.6 is 0 Å². The number of carbonyl (C=O) groups is 1. The highest BCUT2D eigenvalue weighted by Gasteiger charge is 2.15. The number of carbonyl (C=O) groups excluding carboxylic acids is 1. The van der Waals surface area contributed by atoms with Gasteiger partial charge in [-0.05, 0) is 57.5 Å². The molecule has 0 aliphatic carbocycles. The molecule has 1 N–H and O–H groups in total. The Morgan fingerprint density at radius 1 is 1.03 bits per heavy atom. The van der Waals surface area contributed by atoms with Crippen LogP contribution in [0.25, 0.3) is 11.0 Å². The first kappa shape index (κ1) is 20.1. The average molecular weight is 393 g/mol. The molecule has 2 aromatic heterocycles. The number of anilines is 1. The molecule has 1 amide bonds. The summed E-state index contributed by atoms with van der Waals surface area (Å²) in [6.07, 6.45) is 0. The molecular formula is C21H23N5O3. The van der Waals surface area contributed by atoms with E-state index in [0.717, 1.165) is 11.0 Å². The number of aryl methyl sites for hydroxylation is 4. The third kappa shape index (κ3) is 3.47. The Morgan fingerprint density at radius 2 is 1.69 bits per heavy atom. The number of hydrogen-bond acceptors (Lipinski definition) is 4. The van der Waals surface area contributed by atoms with Crippen molar-refractivity contribution in [3.8, 4) is 6.07 Å². The van der Waals surface area contributed by atoms with Crippen LogP contribution in [0.2, 0.25) is 0 Å². The van der Waals surface area contributed by atoms with Crippen LogP contribution in [-0.4, -0.2) is 19.6 Å². The third-order valence-electron chi connectivity index (χ3n) is 5.05. The minimum atomic E-state index is -0.476. The van der Waals surface area contributed by atoms with Crippen molar-refractivity contribution in [2.45, 2.75) is 47.3 Å². The molecule has 3 aromatic rings. The minimum Gasteiger partial charge on any atom is -0.324 e. The number of rotatable bonds is 5. The minimum absolute atomic E-state index is 0.0395. The molecule has 2 heterocycles. The van der Waals surface area contributed by atoms with E-state index in [2.05, 4.69) is 5.32 Å². The van der Waals surface area contributed by atoms with Crippen LogP contribution < -0.4 is 16.6 Å². The lowest BCUT2D eigenvalue weighted by Crippen LogP contribution is -2.31. The summed E-state index contributed by atoms with van der Waals surface area (Å²) in [5.74, 6) is -0.386. The molecule has 29 heavy (non-hydrogen) atoms. The molecule has 8 heteroatoms. The number of amides is 1. The van der Waals surface area contributed by atoms with Crippen LogP contribution in [0.5, 0.6) is 0 Å². The molecule has 0 unspecified atom stereocenters. The molecule has 8 nitrogen and oxygen atoms in total. The molecular weight excluding hydrogens is 370 g/mol. The standard InChI is InChI=1S/C21H23N5O3/c1-5-24-17-8-7-15(10-18(17)25(6-2)21(24)29)23-19(27)12-26-14(4)9-13(3)16(11-22)20(26)28/h7-10H,5-6,12H2,1-4H3,(H,23,27). The van der Waals surface area contributed by atoms with E-state index in [1.165, 1.54) is 4.57 Å². The van der Waals surface area contributed by atoms with E-state index in [1.54, 1.807) is 47.2 Å². The van der Waals surface area contributed by atoms with Gasteiger partial charge in [-0.25, -0.2) is 4.79 Å². The summed E-state index contributed by atoms with van der Waals surface area (Å²) in [4.78, 5) is 37.5. The second-order valence-corrected chi connectivity index (χ2v) is 6.87. The van der Waals surface area contributed by atoms with Gasteiger partial charge in [-0.2, -0.15) is 5.26 Å². The van der Waals surface area contributed by atoms with E-state index in [0.29, 0.717) is 30.0 Å². The van der Waals surface area contributed by atoms with Crippen molar-refractivity contribution in [3.63, 3.8) is 0 Å². The van der Waals surface area contributed by atoms with E-state index in [1.807, 2.05) is 19.9 Å². The topological polar surface area (TPSA) is 102 Å². The van der Waals surface area contributed by atoms with Gasteiger partial charge in [0.25, 0.3) is 5.56 Å². The molecule has 0 spiro atoms. The predicted octanol–water partition coefficient (Wildman–Crippen LogP) is 2.13. The first-order valence-corrected chi connectivity index (χ1v) is 9.46. The maximum Gasteiger partial charge on any atom is 0.329 e. The van der Waals surface area contributed by atoms with Gasteiger partial charge in [-0.1, -0.05) is 0 Å². The van der Waals surface area contributed by atoms with Crippen molar-refractivity contribution in [2.75, 3.05) is 5.32 Å². The maximum atomic E-state index is 12.6. The van der Waals surface area contributed by atoms with Gasteiger partial charge in [0.05, 0.1) is 11.0 Å². The number of fused-ring (bicyclic) bond motifs is 1. The van der Waals surface area contributed by atoms with Gasteiger partial charge in [0.1, 0.15) is 18.2 Å². The highest BCUT2D eigenvalue weighted by molar-refractivity contribution is 5.93. The Balaban J connectivity index is 1.93. The lowest BCUT2D eigenvalue weighted by molar-refractivity contribution is -0.116. The highest BCUT2D eigenvalue weighted by atomic mass is 16.2. The summed E-state index contributed by atoms with van der Waals surface area (Å²) in [6, 6.07) is 8.91. The number of benzene rings is 1.